The Morgan fingerprint density at radius 1 is 1.36 bits per heavy atom. The maximum atomic E-state index is 12.7. The van der Waals surface area contributed by atoms with Crippen LogP contribution in [0.3, 0.4) is 0 Å². The van der Waals surface area contributed by atoms with E-state index in [1.807, 2.05) is 13.8 Å². The van der Waals surface area contributed by atoms with E-state index < -0.39 is 29.5 Å². The standard InChI is InChI=1S/C19H24F3N3O3/c1-11(2)25-17(26)28-14-7-8-18(10-27-18)16(15(14)23)24-9-12-3-5-13(6-4-12)19(20,21)22/h3-6,11,14,24H,7-10,23H2,1-2H3,(H,25,26)/t14-,18+/m1/s1. The van der Waals surface area contributed by atoms with Gasteiger partial charge >= 0.3 is 12.3 Å². The average molecular weight is 399 g/mol. The molecule has 1 aliphatic carbocycles. The highest BCUT2D eigenvalue weighted by Crippen LogP contribution is 2.44. The van der Waals surface area contributed by atoms with Crippen molar-refractivity contribution in [1.82, 2.24) is 10.6 Å². The molecule has 1 fully saturated rings. The van der Waals surface area contributed by atoms with E-state index in [2.05, 4.69) is 10.6 Å². The second-order valence-electron chi connectivity index (χ2n) is 7.39. The van der Waals surface area contributed by atoms with Crippen LogP contribution >= 0.6 is 0 Å². The van der Waals surface area contributed by atoms with Crippen LogP contribution in [0.1, 0.15) is 37.8 Å². The molecule has 6 nitrogen and oxygen atoms in total. The highest BCUT2D eigenvalue weighted by molar-refractivity contribution is 5.68. The topological polar surface area (TPSA) is 88.9 Å². The Labute approximate surface area is 161 Å². The average Bonchev–Trinajstić information content (AvgIpc) is 3.37. The summed E-state index contributed by atoms with van der Waals surface area (Å²) in [5.41, 5.74) is 6.74. The third kappa shape index (κ3) is 4.52. The minimum absolute atomic E-state index is 0.0586. The van der Waals surface area contributed by atoms with Gasteiger partial charge < -0.3 is 25.8 Å². The van der Waals surface area contributed by atoms with Crippen LogP contribution in [0.2, 0.25) is 0 Å². The summed E-state index contributed by atoms with van der Waals surface area (Å²) in [5.74, 6) is 0. The number of ether oxygens (including phenoxy) is 2. The zero-order valence-electron chi connectivity index (χ0n) is 15.7. The van der Waals surface area contributed by atoms with Crippen molar-refractivity contribution < 1.29 is 27.4 Å². The van der Waals surface area contributed by atoms with E-state index >= 15 is 0 Å². The van der Waals surface area contributed by atoms with Crippen molar-refractivity contribution in [2.24, 2.45) is 5.73 Å². The lowest BCUT2D eigenvalue weighted by molar-refractivity contribution is -0.137. The van der Waals surface area contributed by atoms with E-state index in [0.717, 1.165) is 12.1 Å². The number of hydrogen-bond acceptors (Lipinski definition) is 5. The molecule has 1 aliphatic heterocycles. The number of rotatable bonds is 5. The molecule has 0 bridgehead atoms. The fourth-order valence-corrected chi connectivity index (χ4v) is 3.23. The Balaban J connectivity index is 1.69. The van der Waals surface area contributed by atoms with Crippen molar-refractivity contribution in [1.29, 1.82) is 0 Å². The van der Waals surface area contributed by atoms with Crippen molar-refractivity contribution in [2.45, 2.75) is 57.2 Å². The van der Waals surface area contributed by atoms with Gasteiger partial charge in [0.2, 0.25) is 0 Å². The zero-order chi connectivity index (χ0) is 20.5. The van der Waals surface area contributed by atoms with Gasteiger partial charge in [0.15, 0.2) is 0 Å². The fraction of sp³-hybridized carbons (Fsp3) is 0.526. The molecule has 28 heavy (non-hydrogen) atoms. The molecule has 9 heteroatoms. The smallest absolute Gasteiger partial charge is 0.416 e. The highest BCUT2D eigenvalue weighted by Gasteiger charge is 2.53. The molecule has 1 aromatic rings. The Bertz CT molecular complexity index is 756. The van der Waals surface area contributed by atoms with Gasteiger partial charge in [-0.1, -0.05) is 12.1 Å². The summed E-state index contributed by atoms with van der Waals surface area (Å²) in [4.78, 5) is 11.9. The van der Waals surface area contributed by atoms with Crippen LogP contribution in [0.5, 0.6) is 0 Å². The second-order valence-corrected chi connectivity index (χ2v) is 7.39. The predicted octanol–water partition coefficient (Wildman–Crippen LogP) is 3.03. The molecule has 1 amide bonds. The van der Waals surface area contributed by atoms with Crippen LogP contribution in [0, 0.1) is 0 Å². The van der Waals surface area contributed by atoms with Gasteiger partial charge in [0.05, 0.1) is 23.6 Å². The van der Waals surface area contributed by atoms with Crippen molar-refractivity contribution in [2.75, 3.05) is 6.61 Å². The van der Waals surface area contributed by atoms with Gasteiger partial charge in [-0.25, -0.2) is 4.79 Å². The van der Waals surface area contributed by atoms with Crippen LogP contribution in [-0.4, -0.2) is 30.4 Å². The number of amides is 1. The molecule has 1 heterocycles. The van der Waals surface area contributed by atoms with E-state index in [-0.39, 0.29) is 12.6 Å². The molecule has 2 aliphatic rings. The second kappa shape index (κ2) is 7.54. The fourth-order valence-electron chi connectivity index (χ4n) is 3.23. The number of nitrogens with two attached hydrogens (primary N) is 1. The number of carbonyl (C=O) groups excluding carboxylic acids is 1. The third-order valence-corrected chi connectivity index (χ3v) is 4.80. The largest absolute Gasteiger partial charge is 0.440 e. The first-order chi connectivity index (χ1) is 13.1. The number of alkyl carbamates (subject to hydrolysis) is 1. The molecule has 2 atom stereocenters. The molecule has 0 saturated carbocycles. The highest BCUT2D eigenvalue weighted by atomic mass is 19.4. The molecule has 3 rings (SSSR count). The van der Waals surface area contributed by atoms with E-state index in [0.29, 0.717) is 36.4 Å². The molecule has 0 aromatic heterocycles. The van der Waals surface area contributed by atoms with E-state index in [4.69, 9.17) is 15.2 Å². The maximum Gasteiger partial charge on any atom is 0.416 e. The number of alkyl halides is 3. The van der Waals surface area contributed by atoms with Crippen LogP contribution in [0.25, 0.3) is 0 Å². The Hall–Kier alpha value is -2.42. The molecular weight excluding hydrogens is 375 g/mol. The van der Waals surface area contributed by atoms with E-state index in [9.17, 15) is 18.0 Å². The molecule has 0 unspecified atom stereocenters. The van der Waals surface area contributed by atoms with Crippen molar-refractivity contribution in [3.63, 3.8) is 0 Å². The number of carbonyl (C=O) groups is 1. The third-order valence-electron chi connectivity index (χ3n) is 4.80. The molecule has 1 saturated heterocycles. The minimum atomic E-state index is -4.37. The molecule has 154 valence electrons. The summed E-state index contributed by atoms with van der Waals surface area (Å²) < 4.78 is 49.0. The summed E-state index contributed by atoms with van der Waals surface area (Å²) in [6.45, 7) is 4.44. The number of benzene rings is 1. The quantitative estimate of drug-likeness (QED) is 0.663. The normalized spacial score (nSPS) is 24.4. The first-order valence-electron chi connectivity index (χ1n) is 9.12. The van der Waals surface area contributed by atoms with Gasteiger partial charge in [-0.15, -0.1) is 0 Å². The lowest BCUT2D eigenvalue weighted by Gasteiger charge is -2.31. The van der Waals surface area contributed by atoms with Gasteiger partial charge in [-0.3, -0.25) is 0 Å². The Morgan fingerprint density at radius 3 is 2.54 bits per heavy atom. The molecule has 4 N–H and O–H groups in total. The zero-order valence-corrected chi connectivity index (χ0v) is 15.7. The van der Waals surface area contributed by atoms with Gasteiger partial charge in [0.25, 0.3) is 0 Å². The van der Waals surface area contributed by atoms with Gasteiger partial charge in [-0.2, -0.15) is 13.2 Å². The maximum absolute atomic E-state index is 12.7. The van der Waals surface area contributed by atoms with Gasteiger partial charge in [-0.05, 0) is 44.4 Å². The molecule has 0 radical (unpaired) electrons. The summed E-state index contributed by atoms with van der Waals surface area (Å²) in [7, 11) is 0. The van der Waals surface area contributed by atoms with Crippen molar-refractivity contribution >= 4 is 6.09 Å². The Kier molecular flexibility index (Phi) is 5.47. The first kappa shape index (κ1) is 20.3. The van der Waals surface area contributed by atoms with Gasteiger partial charge in [0.1, 0.15) is 11.7 Å². The van der Waals surface area contributed by atoms with Crippen LogP contribution in [0.15, 0.2) is 35.7 Å². The number of hydrogen-bond donors (Lipinski definition) is 3. The SMILES string of the molecule is CC(C)NC(=O)O[C@@H]1CC[C@]2(CO2)C(NCc2ccc(C(F)(F)F)cc2)=C1N. The van der Waals surface area contributed by atoms with Crippen LogP contribution in [-0.2, 0) is 22.2 Å². The van der Waals surface area contributed by atoms with Crippen LogP contribution in [0.4, 0.5) is 18.0 Å². The first-order valence-corrected chi connectivity index (χ1v) is 9.12. The van der Waals surface area contributed by atoms with Crippen LogP contribution < -0.4 is 16.4 Å². The lowest BCUT2D eigenvalue weighted by Crippen LogP contribution is -2.43. The number of nitrogens with one attached hydrogen (secondary N) is 2. The summed E-state index contributed by atoms with van der Waals surface area (Å²) >= 11 is 0. The molecular formula is C19H24F3N3O3. The molecule has 1 spiro atoms. The Morgan fingerprint density at radius 2 is 2.00 bits per heavy atom. The number of epoxide rings is 1. The monoisotopic (exact) mass is 399 g/mol. The van der Waals surface area contributed by atoms with Gasteiger partial charge in [0, 0.05) is 12.6 Å². The predicted molar refractivity (Wildman–Crippen MR) is 96.0 cm³/mol. The minimum Gasteiger partial charge on any atom is -0.440 e. The van der Waals surface area contributed by atoms with E-state index in [1.165, 1.54) is 12.1 Å². The van der Waals surface area contributed by atoms with Crippen molar-refractivity contribution in [3.05, 3.63) is 46.8 Å². The molecule has 1 aromatic carbocycles. The number of halogens is 3. The summed E-state index contributed by atoms with van der Waals surface area (Å²) in [5, 5.41) is 5.83. The van der Waals surface area contributed by atoms with Crippen molar-refractivity contribution in [3.8, 4) is 0 Å². The summed E-state index contributed by atoms with van der Waals surface area (Å²) in [6, 6.07) is 4.86. The lowest BCUT2D eigenvalue weighted by atomic mass is 9.88. The summed E-state index contributed by atoms with van der Waals surface area (Å²) in [6.07, 6.45) is -4.30. The van der Waals surface area contributed by atoms with E-state index in [1.54, 1.807) is 0 Å².